The van der Waals surface area contributed by atoms with Crippen LogP contribution in [0.5, 0.6) is 5.75 Å². The van der Waals surface area contributed by atoms with E-state index in [0.717, 1.165) is 4.47 Å². The topological polar surface area (TPSA) is 123 Å². The fourth-order valence-electron chi connectivity index (χ4n) is 3.13. The van der Waals surface area contributed by atoms with Crippen LogP contribution in [0.1, 0.15) is 11.7 Å². The van der Waals surface area contributed by atoms with Gasteiger partial charge in [-0.3, -0.25) is 10.1 Å². The van der Waals surface area contributed by atoms with E-state index in [9.17, 15) is 14.7 Å². The number of aromatic hydroxyl groups is 1. The predicted molar refractivity (Wildman–Crippen MR) is 142 cm³/mol. The number of nitrogen functional groups attached to an aromatic ring is 1. The lowest BCUT2D eigenvalue weighted by Crippen LogP contribution is -2.27. The Hall–Kier alpha value is -3.34. The Balaban J connectivity index is 1.83. The van der Waals surface area contributed by atoms with Crippen LogP contribution < -0.4 is 16.4 Å². The fraction of sp³-hybridized carbons (Fsp3) is 0.120. The second-order valence-corrected chi connectivity index (χ2v) is 9.13. The summed E-state index contributed by atoms with van der Waals surface area (Å²) in [7, 11) is 1.40. The van der Waals surface area contributed by atoms with Gasteiger partial charge < -0.3 is 25.6 Å². The van der Waals surface area contributed by atoms with Gasteiger partial charge in [0.25, 0.3) is 0 Å². The first kappa shape index (κ1) is 26.3. The lowest BCUT2D eigenvalue weighted by Gasteiger charge is -2.25. The van der Waals surface area contributed by atoms with Gasteiger partial charge in [-0.2, -0.15) is 0 Å². The molecule has 5 N–H and O–H groups in total. The average molecular weight is 605 g/mol. The smallest absolute Gasteiger partial charge is 0.412 e. The number of carbonyl (C=O) groups is 2. The fourth-order valence-corrected chi connectivity index (χ4v) is 3.77. The molecule has 10 heteroatoms. The molecule has 0 saturated heterocycles. The van der Waals surface area contributed by atoms with E-state index in [1.807, 2.05) is 0 Å². The Labute approximate surface area is 219 Å². The standard InChI is InChI=1S/C25H23Br2N3O5/c1-34-22(12-13-23(32)30-20-5-3-2-4-19(20)28)24(18-14-16(27)8-11-21(18)31)35-25(33)29-17-9-6-15(26)7-10-17/h2-14,22,24,31H,28H2,1H3,(H,29,33)(H,30,32)/b13-12+/t22-,24-/m0/s1. The van der Waals surface area contributed by atoms with Crippen molar-refractivity contribution in [2.45, 2.75) is 12.2 Å². The molecule has 35 heavy (non-hydrogen) atoms. The minimum absolute atomic E-state index is 0.105. The minimum atomic E-state index is -1.08. The summed E-state index contributed by atoms with van der Waals surface area (Å²) in [5, 5.41) is 15.8. The van der Waals surface area contributed by atoms with Gasteiger partial charge in [0, 0.05) is 33.4 Å². The van der Waals surface area contributed by atoms with Crippen LogP contribution >= 0.6 is 31.9 Å². The molecule has 0 aliphatic heterocycles. The molecule has 0 radical (unpaired) electrons. The van der Waals surface area contributed by atoms with Crippen molar-refractivity contribution in [3.63, 3.8) is 0 Å². The summed E-state index contributed by atoms with van der Waals surface area (Å²) in [6, 6.07) is 18.5. The number of nitrogens with one attached hydrogen (secondary N) is 2. The summed E-state index contributed by atoms with van der Waals surface area (Å²) >= 11 is 6.70. The number of halogens is 2. The van der Waals surface area contributed by atoms with E-state index in [4.69, 9.17) is 15.2 Å². The molecule has 0 aromatic heterocycles. The number of hydrogen-bond acceptors (Lipinski definition) is 6. The number of hydrogen-bond donors (Lipinski definition) is 4. The van der Waals surface area contributed by atoms with Gasteiger partial charge in [0.15, 0.2) is 6.10 Å². The number of methoxy groups -OCH3 is 1. The maximum atomic E-state index is 12.7. The quantitative estimate of drug-likeness (QED) is 0.185. The monoisotopic (exact) mass is 603 g/mol. The van der Waals surface area contributed by atoms with Crippen molar-refractivity contribution >= 4 is 60.9 Å². The molecule has 0 aliphatic rings. The van der Waals surface area contributed by atoms with Gasteiger partial charge in [-0.25, -0.2) is 4.79 Å². The maximum absolute atomic E-state index is 12.7. The highest BCUT2D eigenvalue weighted by molar-refractivity contribution is 9.10. The Bertz CT molecular complexity index is 1220. The third-order valence-corrected chi connectivity index (χ3v) is 5.87. The van der Waals surface area contributed by atoms with Gasteiger partial charge in [0.05, 0.1) is 11.4 Å². The molecule has 0 spiro atoms. The van der Waals surface area contributed by atoms with Gasteiger partial charge in [0.2, 0.25) is 5.91 Å². The van der Waals surface area contributed by atoms with Gasteiger partial charge in [-0.1, -0.05) is 44.0 Å². The molecule has 3 rings (SSSR count). The summed E-state index contributed by atoms with van der Waals surface area (Å²) in [5.74, 6) is -0.562. The van der Waals surface area contributed by atoms with Gasteiger partial charge in [-0.05, 0) is 60.7 Å². The van der Waals surface area contributed by atoms with E-state index in [-0.39, 0.29) is 11.3 Å². The zero-order valence-corrected chi connectivity index (χ0v) is 21.7. The van der Waals surface area contributed by atoms with Crippen molar-refractivity contribution in [3.8, 4) is 5.75 Å². The molecule has 0 saturated carbocycles. The summed E-state index contributed by atoms with van der Waals surface area (Å²) in [4.78, 5) is 25.2. The SMILES string of the molecule is CO[C@@H](/C=C/C(=O)Nc1ccccc1N)[C@@H](OC(=O)Nc1ccc(Br)cc1)c1cc(Br)ccc1O. The molecule has 0 unspecified atom stereocenters. The lowest BCUT2D eigenvalue weighted by molar-refractivity contribution is -0.112. The highest BCUT2D eigenvalue weighted by atomic mass is 79.9. The van der Waals surface area contributed by atoms with Crippen molar-refractivity contribution in [2.24, 2.45) is 0 Å². The number of anilines is 3. The number of phenolic OH excluding ortho intramolecular Hbond substituents is 1. The third kappa shape index (κ3) is 7.57. The molecule has 8 nitrogen and oxygen atoms in total. The summed E-state index contributed by atoms with van der Waals surface area (Å²) in [6.07, 6.45) is -0.0810. The number of benzene rings is 3. The predicted octanol–water partition coefficient (Wildman–Crippen LogP) is 6.00. The number of para-hydroxylation sites is 2. The first-order valence-corrected chi connectivity index (χ1v) is 11.9. The Morgan fingerprint density at radius 2 is 1.69 bits per heavy atom. The van der Waals surface area contributed by atoms with Gasteiger partial charge in [0.1, 0.15) is 11.9 Å². The number of phenols is 1. The highest BCUT2D eigenvalue weighted by Crippen LogP contribution is 2.34. The van der Waals surface area contributed by atoms with E-state index in [1.54, 1.807) is 60.7 Å². The molecule has 0 aliphatic carbocycles. The molecule has 0 heterocycles. The van der Waals surface area contributed by atoms with Crippen LogP contribution in [-0.2, 0) is 14.3 Å². The zero-order chi connectivity index (χ0) is 25.4. The van der Waals surface area contributed by atoms with Crippen molar-refractivity contribution in [3.05, 3.63) is 93.4 Å². The summed E-state index contributed by atoms with van der Waals surface area (Å²) < 4.78 is 12.7. The van der Waals surface area contributed by atoms with Gasteiger partial charge >= 0.3 is 6.09 Å². The van der Waals surface area contributed by atoms with Crippen molar-refractivity contribution in [2.75, 3.05) is 23.5 Å². The number of carbonyl (C=O) groups excluding carboxylic acids is 2. The zero-order valence-electron chi connectivity index (χ0n) is 18.6. The molecule has 0 bridgehead atoms. The van der Waals surface area contributed by atoms with Crippen LogP contribution in [0, 0.1) is 0 Å². The summed E-state index contributed by atoms with van der Waals surface area (Å²) in [6.45, 7) is 0. The van der Waals surface area contributed by atoms with Crippen LogP contribution in [0.2, 0.25) is 0 Å². The van der Waals surface area contributed by atoms with E-state index in [0.29, 0.717) is 21.5 Å². The van der Waals surface area contributed by atoms with E-state index < -0.39 is 24.2 Å². The molecule has 0 fully saturated rings. The molecule has 2 atom stereocenters. The Kier molecular flexibility index (Phi) is 9.30. The number of rotatable bonds is 8. The normalized spacial score (nSPS) is 12.7. The van der Waals surface area contributed by atoms with Crippen molar-refractivity contribution in [1.29, 1.82) is 0 Å². The van der Waals surface area contributed by atoms with Crippen molar-refractivity contribution in [1.82, 2.24) is 0 Å². The number of amides is 2. The number of ether oxygens (including phenoxy) is 2. The lowest BCUT2D eigenvalue weighted by atomic mass is 10.0. The highest BCUT2D eigenvalue weighted by Gasteiger charge is 2.28. The first-order valence-electron chi connectivity index (χ1n) is 10.3. The van der Waals surface area contributed by atoms with E-state index in [2.05, 4.69) is 42.5 Å². The third-order valence-electron chi connectivity index (χ3n) is 4.85. The Morgan fingerprint density at radius 1 is 1.00 bits per heavy atom. The molecule has 3 aromatic carbocycles. The van der Waals surface area contributed by atoms with Crippen LogP contribution in [0.25, 0.3) is 0 Å². The van der Waals surface area contributed by atoms with Crippen LogP contribution in [0.15, 0.2) is 87.8 Å². The van der Waals surface area contributed by atoms with Gasteiger partial charge in [-0.15, -0.1) is 0 Å². The average Bonchev–Trinajstić information content (AvgIpc) is 2.83. The minimum Gasteiger partial charge on any atom is -0.508 e. The van der Waals surface area contributed by atoms with E-state index in [1.165, 1.54) is 25.3 Å². The second-order valence-electron chi connectivity index (χ2n) is 7.30. The maximum Gasteiger partial charge on any atom is 0.412 e. The van der Waals surface area contributed by atoms with E-state index >= 15 is 0 Å². The Morgan fingerprint density at radius 3 is 2.37 bits per heavy atom. The molecule has 182 valence electrons. The van der Waals surface area contributed by atoms with Crippen molar-refractivity contribution < 1.29 is 24.2 Å². The molecular weight excluding hydrogens is 582 g/mol. The molecular formula is C25H23Br2N3O5. The molecule has 3 aromatic rings. The summed E-state index contributed by atoms with van der Waals surface area (Å²) in [5.41, 5.74) is 7.55. The largest absolute Gasteiger partial charge is 0.508 e. The van der Waals surface area contributed by atoms with Crippen LogP contribution in [-0.4, -0.2) is 30.3 Å². The van der Waals surface area contributed by atoms with Crippen LogP contribution in [0.4, 0.5) is 21.9 Å². The number of nitrogens with two attached hydrogens (primary N) is 1. The first-order chi connectivity index (χ1) is 16.8. The second kappa shape index (κ2) is 12.4. The molecule has 2 amide bonds. The van der Waals surface area contributed by atoms with Crippen LogP contribution in [0.3, 0.4) is 0 Å².